The lowest BCUT2D eigenvalue weighted by Gasteiger charge is -2.30. The number of aliphatic hydroxyl groups is 1. The van der Waals surface area contributed by atoms with Gasteiger partial charge in [-0.05, 0) is 33.0 Å². The summed E-state index contributed by atoms with van der Waals surface area (Å²) in [6.07, 6.45) is 1.92. The number of hydrogen-bond acceptors (Lipinski definition) is 4. The summed E-state index contributed by atoms with van der Waals surface area (Å²) in [6.45, 7) is 1.71. The predicted molar refractivity (Wildman–Crippen MR) is 53.7 cm³/mol. The summed E-state index contributed by atoms with van der Waals surface area (Å²) in [5.41, 5.74) is 5.39. The van der Waals surface area contributed by atoms with Crippen molar-refractivity contribution in [2.75, 3.05) is 26.7 Å². The lowest BCUT2D eigenvalue weighted by atomic mass is 10.1. The summed E-state index contributed by atoms with van der Waals surface area (Å²) in [5.74, 6) is -0.248. The number of likely N-dealkylation sites (tertiary alicyclic amines) is 1. The van der Waals surface area contributed by atoms with Crippen molar-refractivity contribution < 1.29 is 9.90 Å². The van der Waals surface area contributed by atoms with Crippen molar-refractivity contribution in [3.63, 3.8) is 0 Å². The molecule has 1 heterocycles. The van der Waals surface area contributed by atoms with E-state index in [9.17, 15) is 4.79 Å². The number of aliphatic hydroxyl groups excluding tert-OH is 1. The van der Waals surface area contributed by atoms with E-state index in [1.807, 2.05) is 0 Å². The fourth-order valence-corrected chi connectivity index (χ4v) is 1.54. The molecule has 1 fully saturated rings. The van der Waals surface area contributed by atoms with Crippen LogP contribution in [0.2, 0.25) is 0 Å². The first-order valence-corrected chi connectivity index (χ1v) is 4.99. The summed E-state index contributed by atoms with van der Waals surface area (Å²) in [5, 5.41) is 11.5. The average molecular weight is 201 g/mol. The number of nitrogens with two attached hydrogens (primary N) is 1. The molecule has 82 valence electrons. The maximum atomic E-state index is 11.3. The number of amides is 1. The monoisotopic (exact) mass is 201 g/mol. The van der Waals surface area contributed by atoms with Crippen molar-refractivity contribution in [3.8, 4) is 0 Å². The summed E-state index contributed by atoms with van der Waals surface area (Å²) in [4.78, 5) is 13.5. The third-order valence-corrected chi connectivity index (χ3v) is 2.60. The molecule has 1 rings (SSSR count). The van der Waals surface area contributed by atoms with Crippen LogP contribution >= 0.6 is 0 Å². The van der Waals surface area contributed by atoms with E-state index >= 15 is 0 Å². The predicted octanol–water partition coefficient (Wildman–Crippen LogP) is -1.48. The van der Waals surface area contributed by atoms with Crippen molar-refractivity contribution in [2.45, 2.75) is 24.9 Å². The van der Waals surface area contributed by atoms with Crippen molar-refractivity contribution in [2.24, 2.45) is 5.73 Å². The quantitative estimate of drug-likeness (QED) is 0.520. The Labute approximate surface area is 84.3 Å². The van der Waals surface area contributed by atoms with Gasteiger partial charge in [0.15, 0.2) is 0 Å². The third kappa shape index (κ3) is 3.25. The minimum Gasteiger partial charge on any atom is -0.394 e. The lowest BCUT2D eigenvalue weighted by molar-refractivity contribution is -0.124. The molecule has 1 aliphatic rings. The van der Waals surface area contributed by atoms with Gasteiger partial charge in [0.1, 0.15) is 6.04 Å². The molecule has 5 heteroatoms. The highest BCUT2D eigenvalue weighted by Gasteiger charge is 2.20. The van der Waals surface area contributed by atoms with E-state index in [0.717, 1.165) is 25.9 Å². The minimum absolute atomic E-state index is 0.219. The smallest absolute Gasteiger partial charge is 0.239 e. The SMILES string of the molecule is CN1CCC(NC(=O)C(N)CO)CC1. The van der Waals surface area contributed by atoms with E-state index in [-0.39, 0.29) is 18.6 Å². The van der Waals surface area contributed by atoms with Crippen LogP contribution in [0, 0.1) is 0 Å². The van der Waals surface area contributed by atoms with Crippen LogP contribution in [0.3, 0.4) is 0 Å². The van der Waals surface area contributed by atoms with Gasteiger partial charge in [0.05, 0.1) is 6.61 Å². The zero-order valence-corrected chi connectivity index (χ0v) is 8.57. The number of carbonyl (C=O) groups excluding carboxylic acids is 1. The minimum atomic E-state index is -0.783. The Morgan fingerprint density at radius 3 is 2.71 bits per heavy atom. The van der Waals surface area contributed by atoms with Gasteiger partial charge in [-0.15, -0.1) is 0 Å². The Balaban J connectivity index is 2.27. The van der Waals surface area contributed by atoms with Crippen molar-refractivity contribution in [1.29, 1.82) is 0 Å². The second-order valence-corrected chi connectivity index (χ2v) is 3.88. The van der Waals surface area contributed by atoms with Crippen molar-refractivity contribution in [3.05, 3.63) is 0 Å². The Bertz CT molecular complexity index is 190. The fourth-order valence-electron chi connectivity index (χ4n) is 1.54. The zero-order valence-electron chi connectivity index (χ0n) is 8.57. The normalized spacial score (nSPS) is 21.9. The molecule has 0 radical (unpaired) electrons. The zero-order chi connectivity index (χ0) is 10.6. The lowest BCUT2D eigenvalue weighted by Crippen LogP contribution is -2.50. The largest absolute Gasteiger partial charge is 0.394 e. The molecule has 1 atom stereocenters. The molecule has 0 spiro atoms. The van der Waals surface area contributed by atoms with Gasteiger partial charge in [-0.1, -0.05) is 0 Å². The Morgan fingerprint density at radius 2 is 2.21 bits per heavy atom. The summed E-state index contributed by atoms with van der Waals surface area (Å²) >= 11 is 0. The van der Waals surface area contributed by atoms with Crippen LogP contribution in [0.5, 0.6) is 0 Å². The van der Waals surface area contributed by atoms with E-state index in [0.29, 0.717) is 0 Å². The number of nitrogens with one attached hydrogen (secondary N) is 1. The molecule has 14 heavy (non-hydrogen) atoms. The van der Waals surface area contributed by atoms with Gasteiger partial charge in [-0.2, -0.15) is 0 Å². The Kier molecular flexibility index (Phi) is 4.31. The van der Waals surface area contributed by atoms with E-state index in [1.54, 1.807) is 0 Å². The van der Waals surface area contributed by atoms with Crippen molar-refractivity contribution >= 4 is 5.91 Å². The maximum Gasteiger partial charge on any atom is 0.239 e. The summed E-state index contributed by atoms with van der Waals surface area (Å²) in [6, 6.07) is -0.564. The molecule has 4 N–H and O–H groups in total. The first-order valence-electron chi connectivity index (χ1n) is 4.99. The molecule has 0 aromatic carbocycles. The fraction of sp³-hybridized carbons (Fsp3) is 0.889. The molecule has 0 saturated carbocycles. The van der Waals surface area contributed by atoms with Gasteiger partial charge in [0.25, 0.3) is 0 Å². The second-order valence-electron chi connectivity index (χ2n) is 3.88. The number of rotatable bonds is 3. The van der Waals surface area contributed by atoms with E-state index < -0.39 is 6.04 Å². The molecule has 1 aliphatic heterocycles. The van der Waals surface area contributed by atoms with Gasteiger partial charge in [-0.3, -0.25) is 4.79 Å². The molecule has 0 bridgehead atoms. The number of nitrogens with zero attached hydrogens (tertiary/aromatic N) is 1. The van der Waals surface area contributed by atoms with Crippen LogP contribution in [-0.4, -0.2) is 54.7 Å². The summed E-state index contributed by atoms with van der Waals surface area (Å²) < 4.78 is 0. The van der Waals surface area contributed by atoms with Gasteiger partial charge < -0.3 is 21.1 Å². The first kappa shape index (κ1) is 11.4. The number of piperidine rings is 1. The standard InChI is InChI=1S/C9H19N3O2/c1-12-4-2-7(3-5-12)11-9(14)8(10)6-13/h7-8,13H,2-6,10H2,1H3,(H,11,14). The van der Waals surface area contributed by atoms with Gasteiger partial charge in [0.2, 0.25) is 5.91 Å². The number of carbonyl (C=O) groups is 1. The average Bonchev–Trinajstić information content (AvgIpc) is 2.20. The van der Waals surface area contributed by atoms with Crippen LogP contribution in [0.4, 0.5) is 0 Å². The van der Waals surface area contributed by atoms with E-state index in [1.165, 1.54) is 0 Å². The Morgan fingerprint density at radius 1 is 1.64 bits per heavy atom. The third-order valence-electron chi connectivity index (χ3n) is 2.60. The van der Waals surface area contributed by atoms with Gasteiger partial charge in [-0.25, -0.2) is 0 Å². The van der Waals surface area contributed by atoms with Gasteiger partial charge >= 0.3 is 0 Å². The first-order chi connectivity index (χ1) is 6.63. The van der Waals surface area contributed by atoms with Crippen LogP contribution < -0.4 is 11.1 Å². The molecule has 0 aliphatic carbocycles. The highest BCUT2D eigenvalue weighted by atomic mass is 16.3. The van der Waals surface area contributed by atoms with Crippen LogP contribution in [-0.2, 0) is 4.79 Å². The van der Waals surface area contributed by atoms with Crippen LogP contribution in [0.1, 0.15) is 12.8 Å². The molecular weight excluding hydrogens is 182 g/mol. The van der Waals surface area contributed by atoms with E-state index in [4.69, 9.17) is 10.8 Å². The van der Waals surface area contributed by atoms with Crippen molar-refractivity contribution in [1.82, 2.24) is 10.2 Å². The van der Waals surface area contributed by atoms with E-state index in [2.05, 4.69) is 17.3 Å². The maximum absolute atomic E-state index is 11.3. The summed E-state index contributed by atoms with van der Waals surface area (Å²) in [7, 11) is 2.07. The van der Waals surface area contributed by atoms with Crippen LogP contribution in [0.15, 0.2) is 0 Å². The molecule has 1 saturated heterocycles. The Hall–Kier alpha value is -0.650. The topological polar surface area (TPSA) is 78.6 Å². The molecule has 0 aromatic rings. The second kappa shape index (κ2) is 5.29. The highest BCUT2D eigenvalue weighted by molar-refractivity contribution is 5.81. The van der Waals surface area contributed by atoms with Crippen LogP contribution in [0.25, 0.3) is 0 Å². The molecule has 1 unspecified atom stereocenters. The molecule has 5 nitrogen and oxygen atoms in total. The number of hydrogen-bond donors (Lipinski definition) is 3. The van der Waals surface area contributed by atoms with Gasteiger partial charge in [0, 0.05) is 6.04 Å². The highest BCUT2D eigenvalue weighted by Crippen LogP contribution is 2.07. The molecular formula is C9H19N3O2. The molecule has 1 amide bonds. The molecule has 0 aromatic heterocycles.